The zero-order chi connectivity index (χ0) is 15.6. The fourth-order valence-corrected chi connectivity index (χ4v) is 4.53. The van der Waals surface area contributed by atoms with Crippen LogP contribution in [0, 0.1) is 26.7 Å². The number of aryl methyl sites for hydroxylation is 2. The van der Waals surface area contributed by atoms with Gasteiger partial charge in [0, 0.05) is 12.2 Å². The Morgan fingerprint density at radius 3 is 2.57 bits per heavy atom. The topological polar surface area (TPSA) is 72.2 Å². The van der Waals surface area contributed by atoms with Crippen LogP contribution < -0.4 is 10.5 Å². The first-order valence-electron chi connectivity index (χ1n) is 7.34. The average molecular weight is 308 g/mol. The highest BCUT2D eigenvalue weighted by atomic mass is 32.2. The lowest BCUT2D eigenvalue weighted by Crippen LogP contribution is -2.31. The van der Waals surface area contributed by atoms with Crippen molar-refractivity contribution in [2.75, 3.05) is 12.3 Å². The van der Waals surface area contributed by atoms with Crippen molar-refractivity contribution in [3.05, 3.63) is 34.9 Å². The zero-order valence-corrected chi connectivity index (χ0v) is 13.8. The molecule has 0 spiro atoms. The van der Waals surface area contributed by atoms with Crippen LogP contribution in [0.2, 0.25) is 0 Å². The molecule has 0 saturated heterocycles. The maximum atomic E-state index is 12.6. The summed E-state index contributed by atoms with van der Waals surface area (Å²) < 4.78 is 27.9. The van der Waals surface area contributed by atoms with Crippen LogP contribution in [0.1, 0.15) is 36.0 Å². The number of allylic oxidation sites excluding steroid dienone is 2. The third kappa shape index (κ3) is 3.47. The van der Waals surface area contributed by atoms with Gasteiger partial charge in [0.05, 0.1) is 4.90 Å². The SMILES string of the molecule is Cc1cc(C)c(S(=O)(=O)NCC2CC=CCC2)c(C)c1N. The Bertz CT molecular complexity index is 663. The van der Waals surface area contributed by atoms with Gasteiger partial charge >= 0.3 is 0 Å². The summed E-state index contributed by atoms with van der Waals surface area (Å²) in [7, 11) is -3.51. The Kier molecular flexibility index (Phi) is 4.74. The smallest absolute Gasteiger partial charge is 0.241 e. The first kappa shape index (κ1) is 16.0. The molecule has 0 saturated carbocycles. The van der Waals surface area contributed by atoms with E-state index >= 15 is 0 Å². The summed E-state index contributed by atoms with van der Waals surface area (Å²) >= 11 is 0. The van der Waals surface area contributed by atoms with Crippen LogP contribution in [-0.2, 0) is 10.0 Å². The van der Waals surface area contributed by atoms with Crippen LogP contribution in [-0.4, -0.2) is 15.0 Å². The summed E-state index contributed by atoms with van der Waals surface area (Å²) in [5.74, 6) is 0.383. The van der Waals surface area contributed by atoms with Crippen molar-refractivity contribution >= 4 is 15.7 Å². The van der Waals surface area contributed by atoms with E-state index in [0.717, 1.165) is 30.4 Å². The van der Waals surface area contributed by atoms with Gasteiger partial charge in [-0.15, -0.1) is 0 Å². The minimum atomic E-state index is -3.51. The largest absolute Gasteiger partial charge is 0.398 e. The van der Waals surface area contributed by atoms with E-state index in [1.165, 1.54) is 0 Å². The molecule has 5 heteroatoms. The summed E-state index contributed by atoms with van der Waals surface area (Å²) in [5, 5.41) is 0. The van der Waals surface area contributed by atoms with E-state index in [9.17, 15) is 8.42 Å². The molecule has 1 aliphatic carbocycles. The standard InChI is InChI=1S/C16H24N2O2S/c1-11-9-12(2)16(13(3)15(11)17)21(19,20)18-10-14-7-5-4-6-8-14/h4-5,9,14,18H,6-8,10,17H2,1-3H3. The summed E-state index contributed by atoms with van der Waals surface area (Å²) in [6, 6.07) is 1.83. The number of nitrogen functional groups attached to an aromatic ring is 1. The molecule has 21 heavy (non-hydrogen) atoms. The Morgan fingerprint density at radius 1 is 1.24 bits per heavy atom. The number of hydrogen-bond acceptors (Lipinski definition) is 3. The quantitative estimate of drug-likeness (QED) is 0.663. The first-order valence-corrected chi connectivity index (χ1v) is 8.82. The number of sulfonamides is 1. The molecule has 116 valence electrons. The highest BCUT2D eigenvalue weighted by Gasteiger charge is 2.23. The second kappa shape index (κ2) is 6.20. The second-order valence-electron chi connectivity index (χ2n) is 5.88. The molecule has 0 heterocycles. The molecular weight excluding hydrogens is 284 g/mol. The van der Waals surface area contributed by atoms with E-state index in [1.807, 2.05) is 19.9 Å². The van der Waals surface area contributed by atoms with Crippen LogP contribution in [0.4, 0.5) is 5.69 Å². The molecule has 1 atom stereocenters. The van der Waals surface area contributed by atoms with E-state index in [2.05, 4.69) is 16.9 Å². The normalized spacial score (nSPS) is 18.9. The van der Waals surface area contributed by atoms with Gasteiger partial charge in [0.25, 0.3) is 0 Å². The number of nitrogens with two attached hydrogens (primary N) is 1. The molecule has 1 aliphatic rings. The molecule has 0 fully saturated rings. The van der Waals surface area contributed by atoms with Gasteiger partial charge in [-0.1, -0.05) is 18.2 Å². The molecule has 1 aromatic carbocycles. The number of rotatable bonds is 4. The highest BCUT2D eigenvalue weighted by molar-refractivity contribution is 7.89. The van der Waals surface area contributed by atoms with E-state index in [0.29, 0.717) is 28.6 Å². The maximum absolute atomic E-state index is 12.6. The Hall–Kier alpha value is -1.33. The Labute approximate surface area is 127 Å². The molecule has 4 nitrogen and oxygen atoms in total. The fourth-order valence-electron chi connectivity index (χ4n) is 2.94. The van der Waals surface area contributed by atoms with Gasteiger partial charge in [0.2, 0.25) is 10.0 Å². The number of hydrogen-bond donors (Lipinski definition) is 2. The first-order chi connectivity index (χ1) is 9.83. The predicted molar refractivity (Wildman–Crippen MR) is 86.7 cm³/mol. The van der Waals surface area contributed by atoms with Crippen molar-refractivity contribution in [2.45, 2.75) is 44.9 Å². The highest BCUT2D eigenvalue weighted by Crippen LogP contribution is 2.28. The third-order valence-electron chi connectivity index (χ3n) is 4.17. The molecule has 0 amide bonds. The monoisotopic (exact) mass is 308 g/mol. The molecule has 0 radical (unpaired) electrons. The van der Waals surface area contributed by atoms with E-state index in [-0.39, 0.29) is 0 Å². The molecule has 2 rings (SSSR count). The lowest BCUT2D eigenvalue weighted by atomic mass is 9.95. The summed E-state index contributed by atoms with van der Waals surface area (Å²) in [6.07, 6.45) is 7.29. The van der Waals surface area contributed by atoms with Crippen molar-refractivity contribution < 1.29 is 8.42 Å². The van der Waals surface area contributed by atoms with Gasteiger partial charge in [-0.3, -0.25) is 0 Å². The summed E-state index contributed by atoms with van der Waals surface area (Å²) in [6.45, 7) is 5.97. The van der Waals surface area contributed by atoms with Crippen LogP contribution in [0.25, 0.3) is 0 Å². The van der Waals surface area contributed by atoms with E-state index < -0.39 is 10.0 Å². The van der Waals surface area contributed by atoms with Crippen LogP contribution in [0.5, 0.6) is 0 Å². The molecule has 1 aromatic rings. The van der Waals surface area contributed by atoms with Crippen LogP contribution in [0.15, 0.2) is 23.1 Å². The van der Waals surface area contributed by atoms with Crippen molar-refractivity contribution in [3.8, 4) is 0 Å². The van der Waals surface area contributed by atoms with E-state index in [4.69, 9.17) is 5.73 Å². The van der Waals surface area contributed by atoms with Crippen LogP contribution in [0.3, 0.4) is 0 Å². The van der Waals surface area contributed by atoms with Crippen molar-refractivity contribution in [1.29, 1.82) is 0 Å². The number of nitrogens with one attached hydrogen (secondary N) is 1. The molecule has 0 aromatic heterocycles. The van der Waals surface area contributed by atoms with Crippen molar-refractivity contribution in [1.82, 2.24) is 4.72 Å². The zero-order valence-electron chi connectivity index (χ0n) is 12.9. The van der Waals surface area contributed by atoms with Gasteiger partial charge in [0.15, 0.2) is 0 Å². The molecule has 1 unspecified atom stereocenters. The minimum absolute atomic E-state index is 0.331. The Morgan fingerprint density at radius 2 is 1.95 bits per heavy atom. The Balaban J connectivity index is 2.23. The van der Waals surface area contributed by atoms with E-state index in [1.54, 1.807) is 6.92 Å². The molecule has 0 aliphatic heterocycles. The van der Waals surface area contributed by atoms with Crippen LogP contribution >= 0.6 is 0 Å². The van der Waals surface area contributed by atoms with Gasteiger partial charge in [-0.05, 0) is 62.6 Å². The number of anilines is 1. The third-order valence-corrected chi connectivity index (χ3v) is 5.88. The fraction of sp³-hybridized carbons (Fsp3) is 0.500. The molecule has 0 bridgehead atoms. The second-order valence-corrected chi connectivity index (χ2v) is 7.58. The summed E-state index contributed by atoms with van der Waals surface area (Å²) in [4.78, 5) is 0.331. The predicted octanol–water partition coefficient (Wildman–Crippen LogP) is 2.83. The lowest BCUT2D eigenvalue weighted by Gasteiger charge is -2.20. The maximum Gasteiger partial charge on any atom is 0.241 e. The van der Waals surface area contributed by atoms with Gasteiger partial charge in [-0.2, -0.15) is 0 Å². The van der Waals surface area contributed by atoms with Crippen molar-refractivity contribution in [2.24, 2.45) is 5.92 Å². The minimum Gasteiger partial charge on any atom is -0.398 e. The number of benzene rings is 1. The average Bonchev–Trinajstić information content (AvgIpc) is 2.44. The van der Waals surface area contributed by atoms with Crippen molar-refractivity contribution in [3.63, 3.8) is 0 Å². The van der Waals surface area contributed by atoms with Gasteiger partial charge in [0.1, 0.15) is 0 Å². The lowest BCUT2D eigenvalue weighted by molar-refractivity contribution is 0.468. The summed E-state index contributed by atoms with van der Waals surface area (Å²) in [5.41, 5.74) is 8.85. The molecule has 3 N–H and O–H groups in total. The van der Waals surface area contributed by atoms with Gasteiger partial charge < -0.3 is 5.73 Å². The molecular formula is C16H24N2O2S. The van der Waals surface area contributed by atoms with Gasteiger partial charge in [-0.25, -0.2) is 13.1 Å².